The molecule has 1 aromatic heterocycles. The van der Waals surface area contributed by atoms with Crippen molar-refractivity contribution in [1.29, 1.82) is 0 Å². The van der Waals surface area contributed by atoms with Gasteiger partial charge in [0.2, 0.25) is 5.88 Å². The average molecular weight is 606 g/mol. The van der Waals surface area contributed by atoms with E-state index in [2.05, 4.69) is 28.9 Å². The molecule has 1 aliphatic carbocycles. The molecule has 5 rings (SSSR count). The number of alkyl carbamates (subject to hydrolysis) is 1. The number of amides is 2. The summed E-state index contributed by atoms with van der Waals surface area (Å²) in [5, 5.41) is 2.77. The van der Waals surface area contributed by atoms with Crippen LogP contribution in [0.3, 0.4) is 0 Å². The van der Waals surface area contributed by atoms with Gasteiger partial charge in [-0.25, -0.2) is 9.78 Å². The Hall–Kier alpha value is -3.83. The van der Waals surface area contributed by atoms with Crippen LogP contribution in [0.4, 0.5) is 10.7 Å². The Balaban J connectivity index is 1.53. The predicted octanol–water partition coefficient (Wildman–Crippen LogP) is 5.28. The Morgan fingerprint density at radius 1 is 1.16 bits per heavy atom. The standard InChI is InChI=1S/C32H39N5O5S/c1-19(2)12-25-18-42-28-16-27(29-20(3)8-6-9-21(29)4)34-31(35-28)36-43(40)26-11-7-10-23(15-26)30(38)37(25)24-13-22(14-24)17-33-32(39)41-5/h6-11,15-16,19,22,24-25H,12-14,17-18H2,1-5H3,(H,33,39)(H,34,35,36)/t22-,24+,25-,43?/m1/s1. The van der Waals surface area contributed by atoms with Crippen LogP contribution in [0.1, 0.15) is 54.6 Å². The number of hydrogen-bond donors (Lipinski definition) is 2. The van der Waals surface area contributed by atoms with Gasteiger partial charge >= 0.3 is 6.09 Å². The van der Waals surface area contributed by atoms with Gasteiger partial charge in [-0.3, -0.25) is 4.79 Å². The minimum atomic E-state index is -1.72. The lowest BCUT2D eigenvalue weighted by Crippen LogP contribution is -2.56. The molecule has 3 aromatic rings. The SMILES string of the molecule is COC(=O)NC[C@H]1C[C@@H](N2C(=O)c3cccc(c3)[S+]([O-])Nc3nc(cc(-c4c(C)cccc4C)n3)OC[C@H]2CC(C)C)C1. The van der Waals surface area contributed by atoms with E-state index in [0.29, 0.717) is 34.5 Å². The van der Waals surface area contributed by atoms with Crippen LogP contribution in [0.2, 0.25) is 0 Å². The number of benzene rings is 2. The molecule has 1 saturated carbocycles. The van der Waals surface area contributed by atoms with E-state index in [4.69, 9.17) is 14.5 Å². The van der Waals surface area contributed by atoms with E-state index in [1.54, 1.807) is 30.3 Å². The highest BCUT2D eigenvalue weighted by Crippen LogP contribution is 2.36. The van der Waals surface area contributed by atoms with Crippen molar-refractivity contribution < 1.29 is 23.6 Å². The smallest absolute Gasteiger partial charge is 0.406 e. The third-order valence-corrected chi connectivity index (χ3v) is 9.09. The van der Waals surface area contributed by atoms with Crippen LogP contribution < -0.4 is 14.8 Å². The zero-order valence-electron chi connectivity index (χ0n) is 25.3. The first-order valence-corrected chi connectivity index (χ1v) is 15.8. The number of carbonyl (C=O) groups excluding carboxylic acids is 2. The third-order valence-electron chi connectivity index (χ3n) is 8.04. The maximum Gasteiger partial charge on any atom is 0.406 e. The van der Waals surface area contributed by atoms with Gasteiger partial charge in [-0.1, -0.05) is 38.1 Å². The normalized spacial score (nSPS) is 21.8. The topological polar surface area (TPSA) is 129 Å². The highest BCUT2D eigenvalue weighted by molar-refractivity contribution is 7.92. The van der Waals surface area contributed by atoms with Gasteiger partial charge in [0.05, 0.1) is 18.8 Å². The van der Waals surface area contributed by atoms with Crippen molar-refractivity contribution in [3.63, 3.8) is 0 Å². The zero-order valence-corrected chi connectivity index (χ0v) is 26.1. The van der Waals surface area contributed by atoms with Gasteiger partial charge in [-0.15, -0.1) is 0 Å². The predicted molar refractivity (Wildman–Crippen MR) is 165 cm³/mol. The minimum absolute atomic E-state index is 0.0344. The number of fused-ring (bicyclic) bond motifs is 4. The van der Waals surface area contributed by atoms with Crippen LogP contribution >= 0.6 is 0 Å². The molecule has 2 heterocycles. The Bertz CT molecular complexity index is 1460. The van der Waals surface area contributed by atoms with Crippen LogP contribution in [-0.2, 0) is 16.1 Å². The number of anilines is 1. The Morgan fingerprint density at radius 3 is 2.58 bits per heavy atom. The number of rotatable bonds is 6. The fourth-order valence-electron chi connectivity index (χ4n) is 5.94. The van der Waals surface area contributed by atoms with E-state index in [1.165, 1.54) is 7.11 Å². The number of ether oxygens (including phenoxy) is 2. The highest BCUT2D eigenvalue weighted by atomic mass is 32.2. The molecule has 228 valence electrons. The summed E-state index contributed by atoms with van der Waals surface area (Å²) in [6.45, 7) is 9.03. The van der Waals surface area contributed by atoms with Gasteiger partial charge in [-0.2, -0.15) is 9.71 Å². The fourth-order valence-corrected chi connectivity index (χ4v) is 6.75. The lowest BCUT2D eigenvalue weighted by atomic mass is 9.78. The summed E-state index contributed by atoms with van der Waals surface area (Å²) in [7, 11) is 1.34. The number of aryl methyl sites for hydroxylation is 2. The molecule has 1 fully saturated rings. The number of aromatic nitrogens is 2. The van der Waals surface area contributed by atoms with Gasteiger partial charge in [0.15, 0.2) is 4.90 Å². The van der Waals surface area contributed by atoms with Gasteiger partial charge in [0.1, 0.15) is 18.0 Å². The Kier molecular flexibility index (Phi) is 9.41. The molecule has 2 N–H and O–H groups in total. The number of methoxy groups -OCH3 is 1. The molecule has 10 nitrogen and oxygen atoms in total. The van der Waals surface area contributed by atoms with Crippen molar-refractivity contribution in [3.8, 4) is 17.1 Å². The molecular formula is C32H39N5O5S. The van der Waals surface area contributed by atoms with Crippen LogP contribution in [0, 0.1) is 25.7 Å². The van der Waals surface area contributed by atoms with E-state index in [-0.39, 0.29) is 36.5 Å². The number of nitrogens with zero attached hydrogens (tertiary/aromatic N) is 3. The summed E-state index contributed by atoms with van der Waals surface area (Å²) >= 11 is -1.72. The quantitative estimate of drug-likeness (QED) is 0.363. The highest BCUT2D eigenvalue weighted by Gasteiger charge is 2.41. The summed E-state index contributed by atoms with van der Waals surface area (Å²) in [5.41, 5.74) is 4.19. The molecule has 2 atom stereocenters. The summed E-state index contributed by atoms with van der Waals surface area (Å²) in [5.74, 6) is 0.915. The maximum absolute atomic E-state index is 14.2. The Labute approximate surface area is 255 Å². The van der Waals surface area contributed by atoms with Crippen molar-refractivity contribution in [2.45, 2.75) is 63.9 Å². The van der Waals surface area contributed by atoms with E-state index >= 15 is 0 Å². The first-order chi connectivity index (χ1) is 20.6. The van der Waals surface area contributed by atoms with Crippen LogP contribution in [0.25, 0.3) is 11.3 Å². The van der Waals surface area contributed by atoms with Gasteiger partial charge in [0.25, 0.3) is 11.9 Å². The van der Waals surface area contributed by atoms with Crippen LogP contribution in [0.5, 0.6) is 5.88 Å². The second-order valence-electron chi connectivity index (χ2n) is 11.8. The summed E-state index contributed by atoms with van der Waals surface area (Å²) < 4.78 is 27.5. The minimum Gasteiger partial charge on any atom is -0.588 e. The first kappa shape index (κ1) is 30.6. The largest absolute Gasteiger partial charge is 0.588 e. The second-order valence-corrected chi connectivity index (χ2v) is 13.0. The fraction of sp³-hybridized carbons (Fsp3) is 0.438. The second kappa shape index (κ2) is 13.2. The molecule has 43 heavy (non-hydrogen) atoms. The monoisotopic (exact) mass is 605 g/mol. The average Bonchev–Trinajstić information content (AvgIpc) is 2.95. The molecule has 0 radical (unpaired) electrons. The van der Waals surface area contributed by atoms with Crippen molar-refractivity contribution >= 4 is 29.3 Å². The van der Waals surface area contributed by atoms with E-state index < -0.39 is 17.5 Å². The number of nitrogens with one attached hydrogen (secondary N) is 2. The number of carbonyl (C=O) groups is 2. The zero-order chi connectivity index (χ0) is 30.7. The van der Waals surface area contributed by atoms with Crippen LogP contribution in [-0.4, -0.2) is 63.8 Å². The molecule has 4 bridgehead atoms. The van der Waals surface area contributed by atoms with Crippen molar-refractivity contribution in [2.75, 3.05) is 25.0 Å². The van der Waals surface area contributed by atoms with Crippen molar-refractivity contribution in [2.24, 2.45) is 11.8 Å². The molecule has 1 unspecified atom stereocenters. The molecular weight excluding hydrogens is 566 g/mol. The van der Waals surface area contributed by atoms with Gasteiger partial charge in [-0.05, 0) is 68.2 Å². The summed E-state index contributed by atoms with van der Waals surface area (Å²) in [6, 6.07) is 14.5. The molecule has 1 aliphatic heterocycles. The molecule has 0 saturated heterocycles. The van der Waals surface area contributed by atoms with E-state index in [0.717, 1.165) is 36.0 Å². The van der Waals surface area contributed by atoms with E-state index in [9.17, 15) is 14.1 Å². The lowest BCUT2D eigenvalue weighted by molar-refractivity contribution is 0.0146. The lowest BCUT2D eigenvalue weighted by Gasteiger charge is -2.46. The first-order valence-electron chi connectivity index (χ1n) is 14.6. The molecule has 11 heteroatoms. The van der Waals surface area contributed by atoms with Crippen molar-refractivity contribution in [3.05, 3.63) is 65.2 Å². The maximum atomic E-state index is 14.2. The molecule has 2 amide bonds. The van der Waals surface area contributed by atoms with Crippen LogP contribution in [0.15, 0.2) is 53.4 Å². The van der Waals surface area contributed by atoms with E-state index in [1.807, 2.05) is 36.9 Å². The van der Waals surface area contributed by atoms with Gasteiger partial charge < -0.3 is 24.2 Å². The molecule has 2 aromatic carbocycles. The summed E-state index contributed by atoms with van der Waals surface area (Å²) in [4.78, 5) is 37.5. The Morgan fingerprint density at radius 2 is 1.88 bits per heavy atom. The molecule has 2 aliphatic rings. The third kappa shape index (κ3) is 7.05. The van der Waals surface area contributed by atoms with Crippen molar-refractivity contribution in [1.82, 2.24) is 20.2 Å². The number of hydrogen-bond acceptors (Lipinski definition) is 8. The summed E-state index contributed by atoms with van der Waals surface area (Å²) in [6.07, 6.45) is 1.74. The van der Waals surface area contributed by atoms with Gasteiger partial charge in [0, 0.05) is 35.8 Å². The molecule has 0 spiro atoms.